The van der Waals surface area contributed by atoms with Gasteiger partial charge in [0.2, 0.25) is 5.76 Å². The lowest BCUT2D eigenvalue weighted by Gasteiger charge is -2.41. The van der Waals surface area contributed by atoms with Crippen molar-refractivity contribution >= 4 is 11.6 Å². The number of alkyl halides is 3. The van der Waals surface area contributed by atoms with Gasteiger partial charge in [-0.3, -0.25) is 4.79 Å². The van der Waals surface area contributed by atoms with Gasteiger partial charge in [0.25, 0.3) is 5.91 Å². The summed E-state index contributed by atoms with van der Waals surface area (Å²) in [4.78, 5) is 19.6. The summed E-state index contributed by atoms with van der Waals surface area (Å²) in [6.45, 7) is 1.84. The maximum absolute atomic E-state index is 13.2. The molecule has 1 unspecified atom stereocenters. The number of nitrogens with zero attached hydrogens (tertiary/aromatic N) is 4. The first kappa shape index (κ1) is 19.7. The van der Waals surface area contributed by atoms with Gasteiger partial charge in [0.15, 0.2) is 6.39 Å². The minimum Gasteiger partial charge on any atom is -0.438 e. The van der Waals surface area contributed by atoms with Crippen LogP contribution in [0.15, 0.2) is 29.0 Å². The summed E-state index contributed by atoms with van der Waals surface area (Å²) in [6.07, 6.45) is -3.50. The van der Waals surface area contributed by atoms with Crippen LogP contribution in [-0.2, 0) is 6.18 Å². The molecular weight excluding hydrogens is 377 g/mol. The molecule has 1 aromatic heterocycles. The highest BCUT2D eigenvalue weighted by atomic mass is 19.4. The van der Waals surface area contributed by atoms with Crippen molar-refractivity contribution in [3.05, 3.63) is 47.2 Å². The molecule has 1 atom stereocenters. The van der Waals surface area contributed by atoms with Crippen molar-refractivity contribution in [2.75, 3.05) is 31.1 Å². The molecule has 3 rings (SSSR count). The van der Waals surface area contributed by atoms with E-state index in [0.29, 0.717) is 5.69 Å². The number of amides is 1. The van der Waals surface area contributed by atoms with Crippen molar-refractivity contribution in [2.24, 2.45) is 0 Å². The van der Waals surface area contributed by atoms with E-state index < -0.39 is 29.3 Å². The Hall–Kier alpha value is -3.06. The lowest BCUT2D eigenvalue weighted by molar-refractivity contribution is -0.137. The van der Waals surface area contributed by atoms with Gasteiger partial charge in [-0.25, -0.2) is 4.98 Å². The molecule has 148 valence electrons. The number of aromatic nitrogens is 1. The molecule has 0 aliphatic carbocycles. The van der Waals surface area contributed by atoms with E-state index in [1.807, 2.05) is 0 Å². The van der Waals surface area contributed by atoms with Crippen LogP contribution < -0.4 is 4.90 Å². The molecule has 2 aromatic rings. The summed E-state index contributed by atoms with van der Waals surface area (Å²) in [5.41, 5.74) is -0.771. The molecule has 0 bridgehead atoms. The van der Waals surface area contributed by atoms with Crippen molar-refractivity contribution in [1.29, 1.82) is 5.26 Å². The number of halogens is 3. The highest BCUT2D eigenvalue weighted by Crippen LogP contribution is 2.35. The molecule has 1 amide bonds. The number of carbonyl (C=O) groups excluding carboxylic acids is 1. The Bertz CT molecular complexity index is 920. The number of benzene rings is 1. The van der Waals surface area contributed by atoms with Crippen LogP contribution in [0.5, 0.6) is 0 Å². The molecule has 1 aliphatic heterocycles. The molecule has 1 aromatic carbocycles. The van der Waals surface area contributed by atoms with Gasteiger partial charge in [-0.2, -0.15) is 18.4 Å². The predicted octanol–water partition coefficient (Wildman–Crippen LogP) is 2.20. The van der Waals surface area contributed by atoms with Crippen LogP contribution in [0.3, 0.4) is 0 Å². The number of hydrogen-bond acceptors (Lipinski definition) is 6. The zero-order chi connectivity index (χ0) is 20.5. The maximum Gasteiger partial charge on any atom is 0.417 e. The third-order valence-corrected chi connectivity index (χ3v) is 4.69. The van der Waals surface area contributed by atoms with Gasteiger partial charge in [-0.15, -0.1) is 0 Å². The molecule has 1 N–H and O–H groups in total. The molecular formula is C18H17F3N4O3. The molecule has 10 heteroatoms. The quantitative estimate of drug-likeness (QED) is 0.858. The van der Waals surface area contributed by atoms with E-state index in [-0.39, 0.29) is 37.7 Å². The van der Waals surface area contributed by atoms with E-state index >= 15 is 0 Å². The monoisotopic (exact) mass is 394 g/mol. The van der Waals surface area contributed by atoms with Crippen LogP contribution in [-0.4, -0.2) is 53.2 Å². The molecule has 1 aliphatic rings. The van der Waals surface area contributed by atoms with Crippen molar-refractivity contribution in [3.8, 4) is 6.07 Å². The molecule has 2 heterocycles. The van der Waals surface area contributed by atoms with Gasteiger partial charge >= 0.3 is 6.18 Å². The second-order valence-corrected chi connectivity index (χ2v) is 6.39. The largest absolute Gasteiger partial charge is 0.438 e. The van der Waals surface area contributed by atoms with Crippen molar-refractivity contribution < 1.29 is 27.5 Å². The number of rotatable bonds is 3. The Morgan fingerprint density at radius 2 is 2.18 bits per heavy atom. The first-order chi connectivity index (χ1) is 13.3. The Morgan fingerprint density at radius 3 is 2.75 bits per heavy atom. The maximum atomic E-state index is 13.2. The lowest BCUT2D eigenvalue weighted by atomic mass is 10.0. The summed E-state index contributed by atoms with van der Waals surface area (Å²) in [7, 11) is 0. The summed E-state index contributed by atoms with van der Waals surface area (Å²) in [6, 6.07) is 4.40. The number of aryl methyl sites for hydroxylation is 1. The number of piperazine rings is 1. The van der Waals surface area contributed by atoms with E-state index in [1.165, 1.54) is 11.0 Å². The van der Waals surface area contributed by atoms with Crippen LogP contribution in [0.1, 0.15) is 27.4 Å². The van der Waals surface area contributed by atoms with Gasteiger partial charge in [0.05, 0.1) is 35.5 Å². The van der Waals surface area contributed by atoms with Crippen molar-refractivity contribution in [2.45, 2.75) is 19.1 Å². The number of aliphatic hydroxyl groups excluding tert-OH is 1. The number of aliphatic hydroxyl groups is 1. The highest BCUT2D eigenvalue weighted by Gasteiger charge is 2.36. The van der Waals surface area contributed by atoms with Crippen LogP contribution in [0.25, 0.3) is 0 Å². The molecule has 1 fully saturated rings. The summed E-state index contributed by atoms with van der Waals surface area (Å²) < 4.78 is 44.7. The van der Waals surface area contributed by atoms with Gasteiger partial charge in [0, 0.05) is 25.3 Å². The Labute approximate surface area is 158 Å². The van der Waals surface area contributed by atoms with Gasteiger partial charge < -0.3 is 19.3 Å². The first-order valence-electron chi connectivity index (χ1n) is 8.44. The molecule has 1 saturated heterocycles. The van der Waals surface area contributed by atoms with Crippen LogP contribution in [0.2, 0.25) is 0 Å². The predicted molar refractivity (Wildman–Crippen MR) is 91.5 cm³/mol. The number of nitriles is 1. The lowest BCUT2D eigenvalue weighted by Crippen LogP contribution is -2.56. The summed E-state index contributed by atoms with van der Waals surface area (Å²) in [5.74, 6) is -0.353. The first-order valence-corrected chi connectivity index (χ1v) is 8.44. The fraction of sp³-hybridized carbons (Fsp3) is 0.389. The van der Waals surface area contributed by atoms with Crippen LogP contribution >= 0.6 is 0 Å². The van der Waals surface area contributed by atoms with Gasteiger partial charge in [0.1, 0.15) is 0 Å². The van der Waals surface area contributed by atoms with Crippen LogP contribution in [0.4, 0.5) is 18.9 Å². The fourth-order valence-corrected chi connectivity index (χ4v) is 3.21. The van der Waals surface area contributed by atoms with Gasteiger partial charge in [-0.05, 0) is 25.1 Å². The normalized spacial score (nSPS) is 17.5. The van der Waals surface area contributed by atoms with Crippen molar-refractivity contribution in [1.82, 2.24) is 9.88 Å². The number of anilines is 1. The molecule has 0 spiro atoms. The minimum absolute atomic E-state index is 0.0737. The number of hydrogen-bond donors (Lipinski definition) is 1. The average Bonchev–Trinajstić information content (AvgIpc) is 3.11. The fourth-order valence-electron chi connectivity index (χ4n) is 3.21. The standard InChI is InChI=1S/C18H17F3N4O3/c1-11-16(28-10-23-11)17(27)25-5-4-24(8-14(25)9-26)13-3-2-12(7-22)15(6-13)18(19,20)21/h2-3,6,10,14,26H,4-5,8-9H2,1H3. The van der Waals surface area contributed by atoms with Crippen LogP contribution in [0, 0.1) is 18.3 Å². The van der Waals surface area contributed by atoms with Gasteiger partial charge in [-0.1, -0.05) is 0 Å². The Balaban J connectivity index is 1.83. The zero-order valence-electron chi connectivity index (χ0n) is 14.9. The smallest absolute Gasteiger partial charge is 0.417 e. The molecule has 7 nitrogen and oxygen atoms in total. The zero-order valence-corrected chi connectivity index (χ0v) is 14.9. The molecule has 0 saturated carbocycles. The van der Waals surface area contributed by atoms with E-state index in [2.05, 4.69) is 4.98 Å². The second-order valence-electron chi connectivity index (χ2n) is 6.39. The summed E-state index contributed by atoms with van der Waals surface area (Å²) >= 11 is 0. The number of carbonyl (C=O) groups is 1. The van der Waals surface area contributed by atoms with E-state index in [1.54, 1.807) is 17.9 Å². The topological polar surface area (TPSA) is 93.6 Å². The molecule has 0 radical (unpaired) electrons. The molecule has 28 heavy (non-hydrogen) atoms. The SMILES string of the molecule is Cc1ncoc1C(=O)N1CCN(c2ccc(C#N)c(C(F)(F)F)c2)CC1CO. The van der Waals surface area contributed by atoms with E-state index in [9.17, 15) is 23.1 Å². The second kappa shape index (κ2) is 7.52. The third-order valence-electron chi connectivity index (χ3n) is 4.69. The van der Waals surface area contributed by atoms with E-state index in [4.69, 9.17) is 9.68 Å². The third kappa shape index (κ3) is 3.66. The van der Waals surface area contributed by atoms with E-state index in [0.717, 1.165) is 18.5 Å². The highest BCUT2D eigenvalue weighted by molar-refractivity contribution is 5.92. The minimum atomic E-state index is -4.65. The number of oxazole rings is 1. The summed E-state index contributed by atoms with van der Waals surface area (Å²) in [5, 5.41) is 18.6. The Kier molecular flexibility index (Phi) is 5.29. The average molecular weight is 394 g/mol. The van der Waals surface area contributed by atoms with Crippen molar-refractivity contribution in [3.63, 3.8) is 0 Å². The Morgan fingerprint density at radius 1 is 1.43 bits per heavy atom.